The van der Waals surface area contributed by atoms with E-state index in [0.29, 0.717) is 11.3 Å². The molecule has 108 valence electrons. The molecule has 7 nitrogen and oxygen atoms in total. The Bertz CT molecular complexity index is 636. The number of anilines is 1. The number of nitrogens with one attached hydrogen (secondary N) is 1. The number of fused-ring (bicyclic) bond motifs is 1. The molecule has 0 bridgehead atoms. The molecule has 1 unspecified atom stereocenters. The minimum absolute atomic E-state index is 0.00428. The number of carboxylic acids is 1. The molecule has 2 heterocycles. The van der Waals surface area contributed by atoms with Crippen LogP contribution in [-0.4, -0.2) is 43.4 Å². The van der Waals surface area contributed by atoms with Crippen molar-refractivity contribution in [1.82, 2.24) is 14.6 Å². The summed E-state index contributed by atoms with van der Waals surface area (Å²) in [5.41, 5.74) is 0.263. The molecule has 0 aliphatic carbocycles. The number of rotatable bonds is 5. The van der Waals surface area contributed by atoms with Crippen LogP contribution in [0.4, 0.5) is 5.82 Å². The van der Waals surface area contributed by atoms with Gasteiger partial charge in [-0.05, 0) is 13.0 Å². The number of carbonyl (C=O) groups is 1. The number of aromatic nitrogens is 3. The van der Waals surface area contributed by atoms with Crippen LogP contribution in [-0.2, 0) is 0 Å². The molecule has 0 aromatic carbocycles. The summed E-state index contributed by atoms with van der Waals surface area (Å²) in [6, 6.07) is 1.65. The summed E-state index contributed by atoms with van der Waals surface area (Å²) in [6.45, 7) is 5.84. The summed E-state index contributed by atoms with van der Waals surface area (Å²) in [5.74, 6) is -0.539. The van der Waals surface area contributed by atoms with Crippen molar-refractivity contribution in [3.8, 4) is 0 Å². The van der Waals surface area contributed by atoms with Gasteiger partial charge in [0.2, 0.25) is 0 Å². The number of carboxylic acid groups (broad SMARTS) is 1. The van der Waals surface area contributed by atoms with Gasteiger partial charge in [0.15, 0.2) is 11.5 Å². The second-order valence-electron chi connectivity index (χ2n) is 5.44. The third-order valence-corrected chi connectivity index (χ3v) is 3.58. The van der Waals surface area contributed by atoms with Crippen molar-refractivity contribution >= 4 is 17.3 Å². The fourth-order valence-corrected chi connectivity index (χ4v) is 1.72. The van der Waals surface area contributed by atoms with E-state index in [-0.39, 0.29) is 23.8 Å². The second kappa shape index (κ2) is 5.09. The Balaban J connectivity index is 2.40. The average molecular weight is 278 g/mol. The van der Waals surface area contributed by atoms with Crippen LogP contribution in [0.2, 0.25) is 0 Å². The zero-order valence-corrected chi connectivity index (χ0v) is 11.7. The third-order valence-electron chi connectivity index (χ3n) is 3.58. The van der Waals surface area contributed by atoms with Crippen molar-refractivity contribution in [3.63, 3.8) is 0 Å². The normalized spacial score (nSPS) is 13.4. The van der Waals surface area contributed by atoms with Crippen molar-refractivity contribution in [2.75, 3.05) is 11.9 Å². The van der Waals surface area contributed by atoms with E-state index >= 15 is 0 Å². The number of nitrogens with zero attached hydrogens (tertiary/aromatic N) is 3. The lowest BCUT2D eigenvalue weighted by Crippen LogP contribution is -2.36. The van der Waals surface area contributed by atoms with Gasteiger partial charge in [0, 0.05) is 11.5 Å². The molecule has 1 atom stereocenters. The first-order valence-electron chi connectivity index (χ1n) is 6.30. The molecule has 0 aliphatic rings. The Labute approximate surface area is 116 Å². The Hall–Kier alpha value is -2.15. The first-order valence-corrected chi connectivity index (χ1v) is 6.30. The molecule has 3 N–H and O–H groups in total. The van der Waals surface area contributed by atoms with Crippen LogP contribution in [0.15, 0.2) is 18.5 Å². The minimum Gasteiger partial charge on any atom is -0.476 e. The molecule has 0 spiro atoms. The van der Waals surface area contributed by atoms with Crippen LogP contribution >= 0.6 is 0 Å². The highest BCUT2D eigenvalue weighted by atomic mass is 16.4. The van der Waals surface area contributed by atoms with Gasteiger partial charge < -0.3 is 15.5 Å². The van der Waals surface area contributed by atoms with Crippen molar-refractivity contribution in [2.45, 2.75) is 26.8 Å². The summed E-state index contributed by atoms with van der Waals surface area (Å²) in [6.07, 6.45) is 2.79. The van der Waals surface area contributed by atoms with Crippen molar-refractivity contribution in [2.24, 2.45) is 5.41 Å². The lowest BCUT2D eigenvalue weighted by Gasteiger charge is -2.30. The Morgan fingerprint density at radius 1 is 1.55 bits per heavy atom. The molecule has 2 aromatic heterocycles. The summed E-state index contributed by atoms with van der Waals surface area (Å²) < 4.78 is 1.33. The van der Waals surface area contributed by atoms with Gasteiger partial charge in [-0.2, -0.15) is 5.10 Å². The van der Waals surface area contributed by atoms with Gasteiger partial charge in [-0.25, -0.2) is 14.3 Å². The first-order chi connectivity index (χ1) is 9.36. The van der Waals surface area contributed by atoms with Gasteiger partial charge in [-0.3, -0.25) is 0 Å². The highest BCUT2D eigenvalue weighted by Crippen LogP contribution is 2.24. The van der Waals surface area contributed by atoms with E-state index in [1.54, 1.807) is 6.07 Å². The Morgan fingerprint density at radius 2 is 2.25 bits per heavy atom. The summed E-state index contributed by atoms with van der Waals surface area (Å²) in [5, 5.41) is 25.7. The van der Waals surface area contributed by atoms with E-state index in [0.717, 1.165) is 0 Å². The van der Waals surface area contributed by atoms with Gasteiger partial charge in [-0.1, -0.05) is 13.8 Å². The quantitative estimate of drug-likeness (QED) is 0.761. The van der Waals surface area contributed by atoms with E-state index in [9.17, 15) is 9.90 Å². The molecule has 2 aromatic rings. The van der Waals surface area contributed by atoms with Gasteiger partial charge in [0.25, 0.3) is 0 Å². The molecular formula is C13H18N4O3. The summed E-state index contributed by atoms with van der Waals surface area (Å²) in [4.78, 5) is 15.3. The van der Waals surface area contributed by atoms with Crippen molar-refractivity contribution < 1.29 is 15.0 Å². The maximum atomic E-state index is 11.1. The topological polar surface area (TPSA) is 99.8 Å². The van der Waals surface area contributed by atoms with Gasteiger partial charge in [0.05, 0.1) is 19.0 Å². The van der Waals surface area contributed by atoms with Crippen molar-refractivity contribution in [1.29, 1.82) is 0 Å². The van der Waals surface area contributed by atoms with Crippen LogP contribution < -0.4 is 5.32 Å². The van der Waals surface area contributed by atoms with E-state index in [1.807, 2.05) is 20.8 Å². The fourth-order valence-electron chi connectivity index (χ4n) is 1.72. The van der Waals surface area contributed by atoms with Crippen molar-refractivity contribution in [3.05, 3.63) is 24.2 Å². The molecular weight excluding hydrogens is 260 g/mol. The Morgan fingerprint density at radius 3 is 2.85 bits per heavy atom. The Kier molecular flexibility index (Phi) is 3.63. The maximum absolute atomic E-state index is 11.1. The van der Waals surface area contributed by atoms with E-state index < -0.39 is 5.97 Å². The molecule has 2 rings (SSSR count). The summed E-state index contributed by atoms with van der Waals surface area (Å²) >= 11 is 0. The molecule has 0 radical (unpaired) electrons. The van der Waals surface area contributed by atoms with Crippen LogP contribution in [0.1, 0.15) is 31.3 Å². The van der Waals surface area contributed by atoms with E-state index in [4.69, 9.17) is 5.11 Å². The second-order valence-corrected chi connectivity index (χ2v) is 5.44. The molecule has 0 aliphatic heterocycles. The molecule has 20 heavy (non-hydrogen) atoms. The van der Waals surface area contributed by atoms with Crippen LogP contribution in [0, 0.1) is 5.41 Å². The number of aromatic carboxylic acids is 1. The molecule has 0 saturated heterocycles. The van der Waals surface area contributed by atoms with Gasteiger partial charge in [-0.15, -0.1) is 0 Å². The van der Waals surface area contributed by atoms with Crippen LogP contribution in [0.25, 0.3) is 5.52 Å². The van der Waals surface area contributed by atoms with Crippen LogP contribution in [0.3, 0.4) is 0 Å². The lowest BCUT2D eigenvalue weighted by atomic mass is 9.86. The SMILES string of the molecule is CC(Nc1ncc(C(=O)O)n2nccc12)C(C)(C)CO. The van der Waals surface area contributed by atoms with Crippen LogP contribution in [0.5, 0.6) is 0 Å². The predicted molar refractivity (Wildman–Crippen MR) is 73.9 cm³/mol. The molecule has 7 heteroatoms. The summed E-state index contributed by atoms with van der Waals surface area (Å²) in [7, 11) is 0. The zero-order chi connectivity index (χ0) is 14.9. The lowest BCUT2D eigenvalue weighted by molar-refractivity contribution is 0.0687. The number of aliphatic hydroxyl groups is 1. The van der Waals surface area contributed by atoms with Gasteiger partial charge >= 0.3 is 5.97 Å². The highest BCUT2D eigenvalue weighted by molar-refractivity contribution is 5.87. The van der Waals surface area contributed by atoms with Gasteiger partial charge in [0.1, 0.15) is 5.52 Å². The standard InChI is InChI=1S/C13H18N4O3/c1-8(13(2,3)7-18)16-11-9-4-5-15-17(9)10(6-14-11)12(19)20/h4-6,8,18H,7H2,1-3H3,(H,14,16)(H,19,20). The highest BCUT2D eigenvalue weighted by Gasteiger charge is 2.26. The first kappa shape index (κ1) is 14.3. The molecule has 0 saturated carbocycles. The predicted octanol–water partition coefficient (Wildman–Crippen LogP) is 1.25. The number of hydrogen-bond acceptors (Lipinski definition) is 5. The maximum Gasteiger partial charge on any atom is 0.356 e. The monoisotopic (exact) mass is 278 g/mol. The molecule has 0 amide bonds. The largest absolute Gasteiger partial charge is 0.476 e. The molecule has 0 fully saturated rings. The fraction of sp³-hybridized carbons (Fsp3) is 0.462. The third kappa shape index (κ3) is 2.44. The average Bonchev–Trinajstić information content (AvgIpc) is 2.88. The number of aliphatic hydroxyl groups excluding tert-OH is 1. The number of hydrogen-bond donors (Lipinski definition) is 3. The smallest absolute Gasteiger partial charge is 0.356 e. The minimum atomic E-state index is -1.08. The van der Waals surface area contributed by atoms with E-state index in [1.165, 1.54) is 16.9 Å². The van der Waals surface area contributed by atoms with E-state index in [2.05, 4.69) is 15.4 Å². The zero-order valence-electron chi connectivity index (χ0n) is 11.7.